The number of nitrogens with zero attached hydrogens (tertiary/aromatic N) is 2. The molecule has 1 atom stereocenters. The summed E-state index contributed by atoms with van der Waals surface area (Å²) in [5, 5.41) is 7.84. The van der Waals surface area contributed by atoms with Crippen molar-refractivity contribution in [1.82, 2.24) is 20.5 Å². The SMILES string of the molecule is O=C1CCC(N2Cc3ccc(CNC(=O)Nc4cccc(Oc5ccccn5)c4)cc3C2=O)C(=O)N1. The van der Waals surface area contributed by atoms with Gasteiger partial charge in [0.05, 0.1) is 0 Å². The van der Waals surface area contributed by atoms with Crippen molar-refractivity contribution >= 4 is 29.4 Å². The first-order valence-electron chi connectivity index (χ1n) is 11.5. The molecule has 36 heavy (non-hydrogen) atoms. The van der Waals surface area contributed by atoms with Crippen LogP contribution in [0.15, 0.2) is 66.9 Å². The van der Waals surface area contributed by atoms with Crippen LogP contribution in [0.5, 0.6) is 11.6 Å². The zero-order chi connectivity index (χ0) is 25.1. The molecule has 0 bridgehead atoms. The molecular formula is C26H23N5O5. The van der Waals surface area contributed by atoms with E-state index in [-0.39, 0.29) is 24.8 Å². The van der Waals surface area contributed by atoms with E-state index >= 15 is 0 Å². The third-order valence-corrected chi connectivity index (χ3v) is 6.00. The van der Waals surface area contributed by atoms with Crippen molar-refractivity contribution in [2.45, 2.75) is 32.0 Å². The first-order valence-corrected chi connectivity index (χ1v) is 11.5. The molecule has 182 valence electrons. The highest BCUT2D eigenvalue weighted by Crippen LogP contribution is 2.28. The number of urea groups is 1. The number of nitrogens with one attached hydrogen (secondary N) is 3. The molecule has 3 N–H and O–H groups in total. The maximum Gasteiger partial charge on any atom is 0.319 e. The Hall–Kier alpha value is -4.73. The number of rotatable bonds is 6. The van der Waals surface area contributed by atoms with Gasteiger partial charge in [0, 0.05) is 49.1 Å². The van der Waals surface area contributed by atoms with Crippen molar-refractivity contribution in [3.63, 3.8) is 0 Å². The normalized spacial score (nSPS) is 16.8. The lowest BCUT2D eigenvalue weighted by Crippen LogP contribution is -2.52. The van der Waals surface area contributed by atoms with E-state index in [1.165, 1.54) is 4.90 Å². The second kappa shape index (κ2) is 9.87. The highest BCUT2D eigenvalue weighted by molar-refractivity contribution is 6.05. The third-order valence-electron chi connectivity index (χ3n) is 6.00. The van der Waals surface area contributed by atoms with E-state index in [2.05, 4.69) is 20.9 Å². The van der Waals surface area contributed by atoms with E-state index in [4.69, 9.17) is 4.74 Å². The van der Waals surface area contributed by atoms with Crippen LogP contribution < -0.4 is 20.7 Å². The van der Waals surface area contributed by atoms with Crippen molar-refractivity contribution in [1.29, 1.82) is 0 Å². The minimum Gasteiger partial charge on any atom is -0.439 e. The summed E-state index contributed by atoms with van der Waals surface area (Å²) in [6, 6.07) is 16.6. The van der Waals surface area contributed by atoms with Gasteiger partial charge in [0.2, 0.25) is 17.7 Å². The van der Waals surface area contributed by atoms with Crippen LogP contribution >= 0.6 is 0 Å². The predicted octanol–water partition coefficient (Wildman–Crippen LogP) is 2.96. The van der Waals surface area contributed by atoms with Gasteiger partial charge in [0.25, 0.3) is 5.91 Å². The fourth-order valence-corrected chi connectivity index (χ4v) is 4.23. The molecule has 2 aliphatic rings. The van der Waals surface area contributed by atoms with Gasteiger partial charge in [0.15, 0.2) is 0 Å². The van der Waals surface area contributed by atoms with Crippen molar-refractivity contribution in [2.75, 3.05) is 5.32 Å². The number of carbonyl (C=O) groups is 4. The quantitative estimate of drug-likeness (QED) is 0.461. The molecular weight excluding hydrogens is 462 g/mol. The van der Waals surface area contributed by atoms with Crippen molar-refractivity contribution < 1.29 is 23.9 Å². The molecule has 2 aliphatic heterocycles. The van der Waals surface area contributed by atoms with Crippen molar-refractivity contribution in [2.24, 2.45) is 0 Å². The third kappa shape index (κ3) is 5.02. The minimum atomic E-state index is -0.660. The Morgan fingerprint density at radius 1 is 1.08 bits per heavy atom. The number of ether oxygens (including phenoxy) is 1. The van der Waals surface area contributed by atoms with Crippen LogP contribution in [0, 0.1) is 0 Å². The fourth-order valence-electron chi connectivity index (χ4n) is 4.23. The molecule has 0 saturated carbocycles. The molecule has 0 radical (unpaired) electrons. The van der Waals surface area contributed by atoms with Gasteiger partial charge >= 0.3 is 6.03 Å². The number of piperidine rings is 1. The number of amides is 5. The summed E-state index contributed by atoms with van der Waals surface area (Å²) < 4.78 is 5.69. The highest BCUT2D eigenvalue weighted by atomic mass is 16.5. The van der Waals surface area contributed by atoms with Gasteiger partial charge in [0.1, 0.15) is 11.8 Å². The van der Waals surface area contributed by atoms with Crippen LogP contribution in [-0.4, -0.2) is 39.7 Å². The summed E-state index contributed by atoms with van der Waals surface area (Å²) in [6.45, 7) is 0.514. The Kier molecular flexibility index (Phi) is 6.31. The standard InChI is InChI=1S/C26H23N5O5/c32-22-10-9-21(24(33)30-22)31-15-17-8-7-16(12-20(17)25(31)34)14-28-26(35)29-18-4-3-5-19(13-18)36-23-6-1-2-11-27-23/h1-8,11-13,21H,9-10,14-15H2,(H2,28,29,35)(H,30,32,33). The summed E-state index contributed by atoms with van der Waals surface area (Å²) in [6.07, 6.45) is 2.15. The van der Waals surface area contributed by atoms with Gasteiger partial charge in [-0.05, 0) is 41.8 Å². The van der Waals surface area contributed by atoms with E-state index in [1.54, 1.807) is 48.7 Å². The minimum absolute atomic E-state index is 0.203. The van der Waals surface area contributed by atoms with Crippen LogP contribution in [0.3, 0.4) is 0 Å². The zero-order valence-corrected chi connectivity index (χ0v) is 19.2. The number of anilines is 1. The number of hydrogen-bond donors (Lipinski definition) is 3. The van der Waals surface area contributed by atoms with Crippen LogP contribution in [0.1, 0.15) is 34.3 Å². The Balaban J connectivity index is 1.18. The van der Waals surface area contributed by atoms with Crippen LogP contribution in [0.2, 0.25) is 0 Å². The molecule has 5 amide bonds. The largest absolute Gasteiger partial charge is 0.439 e. The second-order valence-electron chi connectivity index (χ2n) is 8.50. The Morgan fingerprint density at radius 3 is 2.78 bits per heavy atom. The smallest absolute Gasteiger partial charge is 0.319 e. The lowest BCUT2D eigenvalue weighted by Gasteiger charge is -2.29. The molecule has 5 rings (SSSR count). The number of fused-ring (bicyclic) bond motifs is 1. The van der Waals surface area contributed by atoms with Gasteiger partial charge in [-0.1, -0.05) is 24.3 Å². The zero-order valence-electron chi connectivity index (χ0n) is 19.2. The maximum atomic E-state index is 13.0. The molecule has 2 aromatic carbocycles. The number of imide groups is 1. The maximum absolute atomic E-state index is 13.0. The lowest BCUT2D eigenvalue weighted by molar-refractivity contribution is -0.136. The first-order chi connectivity index (χ1) is 17.5. The predicted molar refractivity (Wildman–Crippen MR) is 129 cm³/mol. The van der Waals surface area contributed by atoms with Gasteiger partial charge in [-0.3, -0.25) is 19.7 Å². The number of hydrogen-bond acceptors (Lipinski definition) is 6. The molecule has 1 aromatic heterocycles. The molecule has 10 heteroatoms. The van der Waals surface area contributed by atoms with Gasteiger partial charge in [-0.2, -0.15) is 0 Å². The highest BCUT2D eigenvalue weighted by Gasteiger charge is 2.39. The molecule has 3 aromatic rings. The van der Waals surface area contributed by atoms with Gasteiger partial charge in [-0.15, -0.1) is 0 Å². The van der Waals surface area contributed by atoms with Crippen molar-refractivity contribution in [3.05, 3.63) is 83.6 Å². The molecule has 1 saturated heterocycles. The molecule has 1 unspecified atom stereocenters. The Bertz CT molecular complexity index is 1340. The molecule has 3 heterocycles. The topological polar surface area (TPSA) is 130 Å². The average Bonchev–Trinajstić information content (AvgIpc) is 3.19. The summed E-state index contributed by atoms with van der Waals surface area (Å²) in [5.74, 6) is -0.0406. The number of benzene rings is 2. The van der Waals surface area contributed by atoms with Crippen LogP contribution in [0.25, 0.3) is 0 Å². The number of carbonyl (C=O) groups excluding carboxylic acids is 4. The van der Waals surface area contributed by atoms with Gasteiger partial charge < -0.3 is 20.3 Å². The summed E-state index contributed by atoms with van der Waals surface area (Å²) in [7, 11) is 0. The second-order valence-corrected chi connectivity index (χ2v) is 8.50. The van der Waals surface area contributed by atoms with Crippen molar-refractivity contribution in [3.8, 4) is 11.6 Å². The summed E-state index contributed by atoms with van der Waals surface area (Å²) in [5.41, 5.74) is 2.60. The molecule has 0 spiro atoms. The van der Waals surface area contributed by atoms with E-state index in [0.717, 1.165) is 11.1 Å². The first kappa shape index (κ1) is 23.0. The average molecular weight is 486 g/mol. The molecule has 10 nitrogen and oxygen atoms in total. The van der Waals surface area contributed by atoms with E-state index in [0.29, 0.717) is 35.8 Å². The van der Waals surface area contributed by atoms with E-state index in [1.807, 2.05) is 18.2 Å². The fraction of sp³-hybridized carbons (Fsp3) is 0.192. The van der Waals surface area contributed by atoms with E-state index in [9.17, 15) is 19.2 Å². The Labute approximate surface area is 206 Å². The van der Waals surface area contributed by atoms with Gasteiger partial charge in [-0.25, -0.2) is 9.78 Å². The van der Waals surface area contributed by atoms with E-state index < -0.39 is 18.0 Å². The summed E-state index contributed by atoms with van der Waals surface area (Å²) >= 11 is 0. The number of aromatic nitrogens is 1. The van der Waals surface area contributed by atoms with Crippen LogP contribution in [-0.2, 0) is 22.7 Å². The summed E-state index contributed by atoms with van der Waals surface area (Å²) in [4.78, 5) is 54.7. The Morgan fingerprint density at radius 2 is 1.97 bits per heavy atom. The number of pyridine rings is 1. The van der Waals surface area contributed by atoms with Crippen LogP contribution in [0.4, 0.5) is 10.5 Å². The molecule has 0 aliphatic carbocycles. The monoisotopic (exact) mass is 485 g/mol. The lowest BCUT2D eigenvalue weighted by atomic mass is 10.0. The molecule has 1 fully saturated rings.